The first-order valence-electron chi connectivity index (χ1n) is 7.51. The van der Waals surface area contributed by atoms with Crippen molar-refractivity contribution in [3.63, 3.8) is 0 Å². The highest BCUT2D eigenvalue weighted by Gasteiger charge is 2.11. The molecule has 0 aliphatic heterocycles. The molecule has 24 heavy (non-hydrogen) atoms. The van der Waals surface area contributed by atoms with Gasteiger partial charge in [-0.05, 0) is 30.7 Å². The van der Waals surface area contributed by atoms with E-state index in [1.54, 1.807) is 18.3 Å². The molecule has 0 fully saturated rings. The molecule has 0 spiro atoms. The molecule has 2 rings (SSSR count). The quantitative estimate of drug-likeness (QED) is 0.627. The molecule has 0 radical (unpaired) electrons. The van der Waals surface area contributed by atoms with Crippen LogP contribution in [-0.4, -0.2) is 25.0 Å². The molecule has 2 aromatic rings. The van der Waals surface area contributed by atoms with Gasteiger partial charge in [-0.15, -0.1) is 0 Å². The number of benzene rings is 1. The standard InChI is InChI=1S/C17H21Cl2N5/c1-11(14-7-6-13(18)9-15(14)19)23-17(20)22-10-12-5-4-8-21-16(12)24(2)3/h4-9,11H,10H2,1-3H3,(H3,20,22,23). The summed E-state index contributed by atoms with van der Waals surface area (Å²) in [6.45, 7) is 2.41. The first-order chi connectivity index (χ1) is 11.4. The third-order valence-corrected chi connectivity index (χ3v) is 4.07. The summed E-state index contributed by atoms with van der Waals surface area (Å²) in [5, 5.41) is 4.34. The van der Waals surface area contributed by atoms with Gasteiger partial charge in [0.05, 0.1) is 12.6 Å². The summed E-state index contributed by atoms with van der Waals surface area (Å²) in [5.41, 5.74) is 7.92. The summed E-state index contributed by atoms with van der Waals surface area (Å²) in [7, 11) is 3.89. The maximum Gasteiger partial charge on any atom is 0.189 e. The zero-order valence-electron chi connectivity index (χ0n) is 13.9. The molecular weight excluding hydrogens is 345 g/mol. The Balaban J connectivity index is 2.06. The van der Waals surface area contributed by atoms with Gasteiger partial charge in [-0.1, -0.05) is 35.3 Å². The number of halogens is 2. The van der Waals surface area contributed by atoms with Crippen molar-refractivity contribution in [3.05, 3.63) is 57.7 Å². The van der Waals surface area contributed by atoms with Crippen LogP contribution < -0.4 is 16.0 Å². The molecular formula is C17H21Cl2N5. The molecule has 7 heteroatoms. The molecule has 0 aliphatic rings. The lowest BCUT2D eigenvalue weighted by Crippen LogP contribution is -2.34. The molecule has 0 bridgehead atoms. The van der Waals surface area contributed by atoms with E-state index in [9.17, 15) is 0 Å². The van der Waals surface area contributed by atoms with Gasteiger partial charge in [-0.3, -0.25) is 0 Å². The average molecular weight is 366 g/mol. The third kappa shape index (κ3) is 4.76. The number of hydrogen-bond acceptors (Lipinski definition) is 3. The fourth-order valence-corrected chi connectivity index (χ4v) is 2.90. The second-order valence-corrected chi connectivity index (χ2v) is 6.46. The van der Waals surface area contributed by atoms with Gasteiger partial charge in [0, 0.05) is 35.9 Å². The van der Waals surface area contributed by atoms with Gasteiger partial charge in [0.15, 0.2) is 5.96 Å². The zero-order chi connectivity index (χ0) is 17.7. The first-order valence-corrected chi connectivity index (χ1v) is 8.26. The summed E-state index contributed by atoms with van der Waals surface area (Å²) in [4.78, 5) is 10.7. The molecule has 3 N–H and O–H groups in total. The van der Waals surface area contributed by atoms with Crippen LogP contribution in [0.4, 0.5) is 5.82 Å². The Hall–Kier alpha value is -1.98. The van der Waals surface area contributed by atoms with Crippen LogP contribution >= 0.6 is 23.2 Å². The van der Waals surface area contributed by atoms with E-state index >= 15 is 0 Å². The minimum absolute atomic E-state index is 0.0827. The summed E-state index contributed by atoms with van der Waals surface area (Å²) in [6, 6.07) is 9.17. The molecule has 1 aromatic carbocycles. The summed E-state index contributed by atoms with van der Waals surface area (Å²) in [5.74, 6) is 1.23. The van der Waals surface area contributed by atoms with Crippen LogP contribution in [0.25, 0.3) is 0 Å². The van der Waals surface area contributed by atoms with Crippen molar-refractivity contribution >= 4 is 35.0 Å². The first kappa shape index (κ1) is 18.4. The normalized spacial score (nSPS) is 12.8. The lowest BCUT2D eigenvalue weighted by Gasteiger charge is -2.17. The van der Waals surface area contributed by atoms with Crippen LogP contribution in [0.5, 0.6) is 0 Å². The van der Waals surface area contributed by atoms with Crippen molar-refractivity contribution in [2.75, 3.05) is 19.0 Å². The highest BCUT2D eigenvalue weighted by atomic mass is 35.5. The second-order valence-electron chi connectivity index (χ2n) is 5.61. The van der Waals surface area contributed by atoms with Gasteiger partial charge < -0.3 is 16.0 Å². The van der Waals surface area contributed by atoms with Crippen molar-refractivity contribution in [2.24, 2.45) is 10.7 Å². The number of aliphatic imine (C=N–C) groups is 1. The summed E-state index contributed by atoms with van der Waals surface area (Å²) in [6.07, 6.45) is 1.76. The fraction of sp³-hybridized carbons (Fsp3) is 0.294. The predicted molar refractivity (Wildman–Crippen MR) is 102 cm³/mol. The smallest absolute Gasteiger partial charge is 0.189 e. The lowest BCUT2D eigenvalue weighted by atomic mass is 10.1. The Kier molecular flexibility index (Phi) is 6.29. The lowest BCUT2D eigenvalue weighted by molar-refractivity contribution is 0.708. The third-order valence-electron chi connectivity index (χ3n) is 3.50. The number of nitrogens with one attached hydrogen (secondary N) is 1. The Morgan fingerprint density at radius 1 is 1.33 bits per heavy atom. The molecule has 1 atom stereocenters. The Morgan fingerprint density at radius 3 is 2.75 bits per heavy atom. The van der Waals surface area contributed by atoms with Crippen LogP contribution in [0.15, 0.2) is 41.5 Å². The Labute approximate surface area is 152 Å². The monoisotopic (exact) mass is 365 g/mol. The molecule has 1 unspecified atom stereocenters. The molecule has 0 aliphatic carbocycles. The minimum atomic E-state index is -0.0827. The maximum absolute atomic E-state index is 6.22. The van der Waals surface area contributed by atoms with Gasteiger partial charge in [-0.25, -0.2) is 9.98 Å². The van der Waals surface area contributed by atoms with Crippen molar-refractivity contribution < 1.29 is 0 Å². The molecule has 1 aromatic heterocycles. The summed E-state index contributed by atoms with van der Waals surface area (Å²) >= 11 is 12.1. The van der Waals surface area contributed by atoms with Crippen molar-refractivity contribution in [3.8, 4) is 0 Å². The zero-order valence-corrected chi connectivity index (χ0v) is 15.4. The SMILES string of the molecule is CC(NC(N)=NCc1cccnc1N(C)C)c1ccc(Cl)cc1Cl. The van der Waals surface area contributed by atoms with E-state index in [2.05, 4.69) is 15.3 Å². The van der Waals surface area contributed by atoms with Crippen molar-refractivity contribution in [1.82, 2.24) is 10.3 Å². The average Bonchev–Trinajstić information content (AvgIpc) is 2.52. The van der Waals surface area contributed by atoms with E-state index in [4.69, 9.17) is 28.9 Å². The molecule has 5 nitrogen and oxygen atoms in total. The van der Waals surface area contributed by atoms with Crippen LogP contribution in [0, 0.1) is 0 Å². The number of hydrogen-bond donors (Lipinski definition) is 2. The Morgan fingerprint density at radius 2 is 2.08 bits per heavy atom. The van der Waals surface area contributed by atoms with Gasteiger partial charge in [0.25, 0.3) is 0 Å². The number of rotatable bonds is 5. The van der Waals surface area contributed by atoms with Crippen LogP contribution in [0.2, 0.25) is 10.0 Å². The van der Waals surface area contributed by atoms with Crippen LogP contribution in [0.1, 0.15) is 24.1 Å². The largest absolute Gasteiger partial charge is 0.370 e. The molecule has 0 saturated heterocycles. The maximum atomic E-state index is 6.22. The minimum Gasteiger partial charge on any atom is -0.370 e. The highest BCUT2D eigenvalue weighted by Crippen LogP contribution is 2.26. The summed E-state index contributed by atoms with van der Waals surface area (Å²) < 4.78 is 0. The van der Waals surface area contributed by atoms with E-state index in [0.717, 1.165) is 16.9 Å². The number of anilines is 1. The van der Waals surface area contributed by atoms with Gasteiger partial charge in [-0.2, -0.15) is 0 Å². The number of guanidine groups is 1. The molecule has 0 amide bonds. The van der Waals surface area contributed by atoms with Gasteiger partial charge in [0.1, 0.15) is 5.82 Å². The van der Waals surface area contributed by atoms with E-state index in [-0.39, 0.29) is 6.04 Å². The second kappa shape index (κ2) is 8.22. The predicted octanol–water partition coefficient (Wildman–Crippen LogP) is 3.62. The van der Waals surface area contributed by atoms with E-state index in [1.165, 1.54) is 0 Å². The van der Waals surface area contributed by atoms with Gasteiger partial charge in [0.2, 0.25) is 0 Å². The number of nitrogens with two attached hydrogens (primary N) is 1. The van der Waals surface area contributed by atoms with Crippen molar-refractivity contribution in [1.29, 1.82) is 0 Å². The Bertz CT molecular complexity index is 731. The topological polar surface area (TPSA) is 66.5 Å². The van der Waals surface area contributed by atoms with Crippen LogP contribution in [-0.2, 0) is 6.54 Å². The number of pyridine rings is 1. The highest BCUT2D eigenvalue weighted by molar-refractivity contribution is 6.35. The molecule has 128 valence electrons. The number of aromatic nitrogens is 1. The fourth-order valence-electron chi connectivity index (χ4n) is 2.32. The van der Waals surface area contributed by atoms with Crippen LogP contribution in [0.3, 0.4) is 0 Å². The van der Waals surface area contributed by atoms with E-state index < -0.39 is 0 Å². The van der Waals surface area contributed by atoms with E-state index in [1.807, 2.05) is 44.1 Å². The molecule has 0 saturated carbocycles. The van der Waals surface area contributed by atoms with Crippen molar-refractivity contribution in [2.45, 2.75) is 19.5 Å². The van der Waals surface area contributed by atoms with E-state index in [0.29, 0.717) is 22.5 Å². The number of nitrogens with zero attached hydrogens (tertiary/aromatic N) is 3. The molecule has 1 heterocycles. The van der Waals surface area contributed by atoms with Gasteiger partial charge >= 0.3 is 0 Å².